The van der Waals surface area contributed by atoms with Crippen LogP contribution in [0.15, 0.2) is 0 Å². The molecule has 0 nitrogen and oxygen atoms in total. The second kappa shape index (κ2) is 613. The van der Waals surface area contributed by atoms with Crippen LogP contribution in [0, 0.1) is 0 Å². The molecule has 12 heteroatoms. The van der Waals surface area contributed by atoms with Crippen LogP contribution >= 0.6 is 49.6 Å². The van der Waals surface area contributed by atoms with Crippen LogP contribution in [0.25, 0.3) is 0 Å². The lowest BCUT2D eigenvalue weighted by atomic mass is 9.81. The summed E-state index contributed by atoms with van der Waals surface area (Å²) in [6.07, 6.45) is 0. The van der Waals surface area contributed by atoms with Crippen molar-refractivity contribution >= 4 is 112 Å². The van der Waals surface area contributed by atoms with E-state index in [1.165, 1.54) is 0 Å². The highest BCUT2D eigenvalue weighted by atomic mass is 35.5. The Bertz CT molecular complexity index is 11.0. The molecule has 0 spiro atoms. The predicted molar refractivity (Wildman–Crippen MR) is 75.0 cm³/mol. The van der Waals surface area contributed by atoms with E-state index in [0.29, 0.717) is 0 Å². The van der Waals surface area contributed by atoms with E-state index >= 15 is 0 Å². The van der Waals surface area contributed by atoms with Gasteiger partial charge in [0.15, 0.2) is 0 Å². The highest BCUT2D eigenvalue weighted by Crippen LogP contribution is 0.693. The molecule has 0 aliphatic rings. The summed E-state index contributed by atoms with van der Waals surface area (Å²) in [5.74, 6) is 0. The third kappa shape index (κ3) is 472. The standard InChI is InChI=1S/4B2.4ClH/c4*1-2;;;;/h;;;;4*1H. The monoisotopic (exact) mass is 232 g/mol. The molecule has 0 aromatic carbocycles. The van der Waals surface area contributed by atoms with Crippen molar-refractivity contribution in [1.82, 2.24) is 0 Å². The van der Waals surface area contributed by atoms with E-state index in [0.717, 1.165) is 0 Å². The Morgan fingerprint density at radius 3 is 0.250 bits per heavy atom. The molecule has 0 atom stereocenters. The zero-order valence-corrected chi connectivity index (χ0v) is 9.52. The molecule has 12 heavy (non-hydrogen) atoms. The molecule has 0 rings (SSSR count). The van der Waals surface area contributed by atoms with E-state index in [4.69, 9.17) is 0 Å². The third-order valence-electron chi connectivity index (χ3n) is 0. The summed E-state index contributed by atoms with van der Waals surface area (Å²) in [4.78, 5) is 0. The number of hydrogen-bond donors (Lipinski definition) is 0. The molecule has 56 valence electrons. The largest absolute Gasteiger partial charge is 0.147 e. The Hall–Kier alpha value is 1.68. The van der Waals surface area contributed by atoms with E-state index in [2.05, 4.69) is 61.9 Å². The summed E-state index contributed by atoms with van der Waals surface area (Å²) in [7, 11) is 32.0. The first-order chi connectivity index (χ1) is 4.00. The van der Waals surface area contributed by atoms with Crippen LogP contribution in [0.5, 0.6) is 0 Å². The zero-order valence-electron chi connectivity index (χ0n) is 6.25. The Kier molecular flexibility index (Phi) is 3480. The molecule has 0 heterocycles. The minimum Gasteiger partial charge on any atom is -0.147 e. The van der Waals surface area contributed by atoms with Crippen molar-refractivity contribution in [2.24, 2.45) is 0 Å². The van der Waals surface area contributed by atoms with Gasteiger partial charge in [-0.2, -0.15) is 0 Å². The van der Waals surface area contributed by atoms with Crippen LogP contribution in [-0.4, -0.2) is 61.9 Å². The molecule has 16 radical (unpaired) electrons. The van der Waals surface area contributed by atoms with Crippen molar-refractivity contribution in [3.05, 3.63) is 0 Å². The fraction of sp³-hybridized carbons (Fsp3) is 0. The first kappa shape index (κ1) is 68.2. The molecular weight excluding hydrogens is 228 g/mol. The fourth-order valence-electron chi connectivity index (χ4n) is 0. The molecule has 0 amide bonds. The van der Waals surface area contributed by atoms with Gasteiger partial charge >= 0.3 is 0 Å². The van der Waals surface area contributed by atoms with E-state index < -0.39 is 0 Å². The van der Waals surface area contributed by atoms with Gasteiger partial charge in [-0.25, -0.2) is 0 Å². The molecule has 0 N–H and O–H groups in total. The number of hydrogen-bond acceptors (Lipinski definition) is 0. The van der Waals surface area contributed by atoms with Gasteiger partial charge in [0.25, 0.3) is 0 Å². The van der Waals surface area contributed by atoms with Crippen molar-refractivity contribution in [2.75, 3.05) is 0 Å². The molecule has 0 aliphatic heterocycles. The van der Waals surface area contributed by atoms with Crippen molar-refractivity contribution in [1.29, 1.82) is 0 Å². The summed E-state index contributed by atoms with van der Waals surface area (Å²) in [5, 5.41) is 0. The minimum absolute atomic E-state index is 0. The summed E-state index contributed by atoms with van der Waals surface area (Å²) >= 11 is 0. The van der Waals surface area contributed by atoms with E-state index in [1.807, 2.05) is 0 Å². The lowest BCUT2D eigenvalue weighted by molar-refractivity contribution is 4.75. The highest BCUT2D eigenvalue weighted by Gasteiger charge is 1.01. The van der Waals surface area contributed by atoms with Crippen molar-refractivity contribution in [3.8, 4) is 0 Å². The van der Waals surface area contributed by atoms with Crippen LogP contribution in [0.2, 0.25) is 0 Å². The van der Waals surface area contributed by atoms with Crippen LogP contribution < -0.4 is 0 Å². The van der Waals surface area contributed by atoms with Crippen LogP contribution in [0.1, 0.15) is 0 Å². The van der Waals surface area contributed by atoms with Gasteiger partial charge in [0, 0.05) is 61.9 Å². The Labute approximate surface area is 111 Å². The predicted octanol–water partition coefficient (Wildman–Crippen LogP) is -1.36. The first-order valence-corrected chi connectivity index (χ1v) is 1.33. The molecule has 0 saturated carbocycles. The lowest BCUT2D eigenvalue weighted by Crippen LogP contribution is -1.38. The Morgan fingerprint density at radius 2 is 0.250 bits per heavy atom. The van der Waals surface area contributed by atoms with Crippen molar-refractivity contribution < 1.29 is 0 Å². The topological polar surface area (TPSA) is 0 Å². The molecule has 0 aliphatic carbocycles. The van der Waals surface area contributed by atoms with Crippen molar-refractivity contribution in [3.63, 3.8) is 0 Å². The molecule has 0 bridgehead atoms. The maximum Gasteiger partial charge on any atom is 0 e. The van der Waals surface area contributed by atoms with Gasteiger partial charge in [0.1, 0.15) is 0 Å². The second-order valence-electron chi connectivity index (χ2n) is 0. The first-order valence-electron chi connectivity index (χ1n) is 1.33. The van der Waals surface area contributed by atoms with Crippen LogP contribution in [0.4, 0.5) is 0 Å². The Morgan fingerprint density at radius 1 is 0.250 bits per heavy atom. The smallest absolute Gasteiger partial charge is 0 e. The van der Waals surface area contributed by atoms with Crippen LogP contribution in [-0.2, 0) is 0 Å². The van der Waals surface area contributed by atoms with Gasteiger partial charge in [-0.05, 0) is 0 Å². The van der Waals surface area contributed by atoms with Crippen LogP contribution in [0.3, 0.4) is 0 Å². The summed E-state index contributed by atoms with van der Waals surface area (Å²) in [5.41, 5.74) is 0. The van der Waals surface area contributed by atoms with Gasteiger partial charge in [-0.1, -0.05) is 0 Å². The van der Waals surface area contributed by atoms with Crippen molar-refractivity contribution in [2.45, 2.75) is 0 Å². The molecule has 0 aromatic rings. The number of halogens is 4. The van der Waals surface area contributed by atoms with Gasteiger partial charge in [-0.3, -0.25) is 0 Å². The van der Waals surface area contributed by atoms with Gasteiger partial charge < -0.3 is 0 Å². The quantitative estimate of drug-likeness (QED) is 0.453. The van der Waals surface area contributed by atoms with Gasteiger partial charge in [-0.15, -0.1) is 49.6 Å². The van der Waals surface area contributed by atoms with E-state index in [-0.39, 0.29) is 49.6 Å². The van der Waals surface area contributed by atoms with Gasteiger partial charge in [0.2, 0.25) is 0 Å². The normalized spacial score (nSPS) is 1.33. The third-order valence-corrected chi connectivity index (χ3v) is 0. The Balaban J connectivity index is -0.00000000267. The maximum atomic E-state index is 4.00. The fourth-order valence-corrected chi connectivity index (χ4v) is 0. The van der Waals surface area contributed by atoms with E-state index in [9.17, 15) is 0 Å². The molecule has 0 aromatic heterocycles. The molecule has 0 saturated heterocycles. The second-order valence-corrected chi connectivity index (χ2v) is 0. The highest BCUT2D eigenvalue weighted by molar-refractivity contribution is 6.76. The summed E-state index contributed by atoms with van der Waals surface area (Å²) in [6, 6.07) is 0. The molecule has 0 unspecified atom stereocenters. The van der Waals surface area contributed by atoms with E-state index in [1.54, 1.807) is 0 Å². The maximum absolute atomic E-state index is 4.00. The number of rotatable bonds is 0. The summed E-state index contributed by atoms with van der Waals surface area (Å²) < 4.78 is 0. The van der Waals surface area contributed by atoms with Gasteiger partial charge in [0.05, 0.1) is 0 Å². The molecule has 0 fully saturated rings. The zero-order chi connectivity index (χ0) is 8.00. The average molecular weight is 232 g/mol. The summed E-state index contributed by atoms with van der Waals surface area (Å²) in [6.45, 7) is 0. The average Bonchev–Trinajstić information content (AvgIpc) is 2.03. The lowest BCUT2D eigenvalue weighted by Gasteiger charge is -1.00. The SMILES string of the molecule is Cl.Cl.Cl.Cl.[B][B].[B][B].[B][B].[B][B]. The minimum atomic E-state index is 0. The molecular formula is H4B8Cl4.